The molecule has 1 saturated heterocycles. The van der Waals surface area contributed by atoms with Crippen LogP contribution in [0.3, 0.4) is 0 Å². The Hall–Kier alpha value is -4.83. The van der Waals surface area contributed by atoms with E-state index in [9.17, 15) is 28.0 Å². The molecule has 4 amide bonds. The first-order valence-corrected chi connectivity index (χ1v) is 16.7. The molecule has 1 aromatic carbocycles. The molecule has 0 aliphatic carbocycles. The number of likely N-dealkylation sites (tertiary alicyclic amines) is 1. The lowest BCUT2D eigenvalue weighted by Gasteiger charge is -2.32. The monoisotopic (exact) mass is 732 g/mol. The molecule has 0 saturated carbocycles. The van der Waals surface area contributed by atoms with E-state index in [0.717, 1.165) is 6.07 Å². The maximum absolute atomic E-state index is 14.8. The molecule has 0 spiro atoms. The summed E-state index contributed by atoms with van der Waals surface area (Å²) < 4.78 is 41.2. The first kappa shape index (κ1) is 39.0. The summed E-state index contributed by atoms with van der Waals surface area (Å²) in [6.07, 6.45) is 2.03. The molecule has 0 unspecified atom stereocenters. The lowest BCUT2D eigenvalue weighted by atomic mass is 10.0. The number of rotatable bonds is 12. The summed E-state index contributed by atoms with van der Waals surface area (Å²) >= 11 is 6.43. The van der Waals surface area contributed by atoms with Gasteiger partial charge >= 0.3 is 6.09 Å². The van der Waals surface area contributed by atoms with Crippen LogP contribution in [0.25, 0.3) is 11.3 Å². The van der Waals surface area contributed by atoms with Gasteiger partial charge in [0.1, 0.15) is 5.60 Å². The summed E-state index contributed by atoms with van der Waals surface area (Å²) in [6, 6.07) is 5.25. The smallest absolute Gasteiger partial charge is 0.407 e. The Morgan fingerprint density at radius 1 is 1.06 bits per heavy atom. The number of nitrogens with zero attached hydrogens (tertiary/aromatic N) is 5. The number of benzene rings is 1. The normalized spacial score (nSPS) is 13.5. The van der Waals surface area contributed by atoms with Crippen molar-refractivity contribution in [3.05, 3.63) is 58.6 Å². The summed E-state index contributed by atoms with van der Waals surface area (Å²) in [5.41, 5.74) is -0.106. The van der Waals surface area contributed by atoms with Crippen molar-refractivity contribution in [1.29, 1.82) is 0 Å². The Kier molecular flexibility index (Phi) is 12.9. The van der Waals surface area contributed by atoms with Gasteiger partial charge in [0.15, 0.2) is 17.5 Å². The van der Waals surface area contributed by atoms with E-state index in [4.69, 9.17) is 21.1 Å². The fourth-order valence-electron chi connectivity index (χ4n) is 5.28. The molecule has 2 aromatic heterocycles. The largest absolute Gasteiger partial charge is 0.444 e. The summed E-state index contributed by atoms with van der Waals surface area (Å²) in [7, 11) is 4.56. The Bertz CT molecular complexity index is 1750. The predicted octanol–water partition coefficient (Wildman–Crippen LogP) is 4.38. The van der Waals surface area contributed by atoms with Crippen molar-refractivity contribution in [3.8, 4) is 11.3 Å². The molecule has 4 rings (SSSR count). The average Bonchev–Trinajstić information content (AvgIpc) is 3.43. The van der Waals surface area contributed by atoms with E-state index in [1.165, 1.54) is 55.0 Å². The van der Waals surface area contributed by atoms with Gasteiger partial charge in [0.05, 0.1) is 47.7 Å². The number of amides is 4. The van der Waals surface area contributed by atoms with Crippen LogP contribution in [-0.4, -0.2) is 102 Å². The van der Waals surface area contributed by atoms with Crippen molar-refractivity contribution >= 4 is 46.9 Å². The van der Waals surface area contributed by atoms with Crippen molar-refractivity contribution in [2.45, 2.75) is 51.7 Å². The predicted molar refractivity (Wildman–Crippen MR) is 187 cm³/mol. The second kappa shape index (κ2) is 16.9. The Labute approximate surface area is 299 Å². The van der Waals surface area contributed by atoms with E-state index < -0.39 is 35.3 Å². The molecule has 17 heteroatoms. The molecule has 0 atom stereocenters. The minimum Gasteiger partial charge on any atom is -0.444 e. The van der Waals surface area contributed by atoms with Crippen molar-refractivity contribution in [3.63, 3.8) is 0 Å². The SMILES string of the molecule is CN(C)c1nc(F)c(-c2cnc(C(=O)Nc3ccc(C(=O)NC4CCN(C(=O)CCOCCNC(=O)OC(C)(C)C)CC4)c(Cl)c3)n2C)cc1F. The van der Waals surface area contributed by atoms with Crippen LogP contribution in [0.1, 0.15) is 61.0 Å². The molecule has 51 heavy (non-hydrogen) atoms. The number of hydrogen-bond acceptors (Lipinski definition) is 9. The lowest BCUT2D eigenvalue weighted by Crippen LogP contribution is -2.46. The highest BCUT2D eigenvalue weighted by atomic mass is 35.5. The maximum Gasteiger partial charge on any atom is 0.407 e. The molecule has 1 aliphatic heterocycles. The van der Waals surface area contributed by atoms with Crippen LogP contribution in [-0.2, 0) is 21.3 Å². The number of ether oxygens (including phenoxy) is 2. The number of pyridine rings is 1. The molecular weight excluding hydrogens is 690 g/mol. The fraction of sp³-hybridized carbons (Fsp3) is 0.471. The van der Waals surface area contributed by atoms with E-state index in [1.807, 2.05) is 0 Å². The fourth-order valence-corrected chi connectivity index (χ4v) is 5.55. The first-order valence-electron chi connectivity index (χ1n) is 16.3. The van der Waals surface area contributed by atoms with Gasteiger partial charge in [-0.25, -0.2) is 14.2 Å². The number of anilines is 2. The van der Waals surface area contributed by atoms with Gasteiger partial charge < -0.3 is 39.8 Å². The summed E-state index contributed by atoms with van der Waals surface area (Å²) in [5.74, 6) is -2.98. The minimum atomic E-state index is -0.917. The van der Waals surface area contributed by atoms with Gasteiger partial charge in [-0.05, 0) is 57.9 Å². The molecule has 14 nitrogen and oxygen atoms in total. The van der Waals surface area contributed by atoms with E-state index in [2.05, 4.69) is 25.9 Å². The van der Waals surface area contributed by atoms with Gasteiger partial charge in [0, 0.05) is 52.5 Å². The molecular formula is C34H43ClF2N8O6. The van der Waals surface area contributed by atoms with Crippen molar-refractivity contribution in [2.24, 2.45) is 7.05 Å². The van der Waals surface area contributed by atoms with Crippen LogP contribution >= 0.6 is 11.6 Å². The van der Waals surface area contributed by atoms with E-state index >= 15 is 0 Å². The molecule has 3 N–H and O–H groups in total. The van der Waals surface area contributed by atoms with Crippen LogP contribution < -0.4 is 20.9 Å². The quantitative estimate of drug-likeness (QED) is 0.181. The van der Waals surface area contributed by atoms with Crippen molar-refractivity contribution < 1.29 is 37.4 Å². The molecule has 0 radical (unpaired) electrons. The number of halogens is 3. The third kappa shape index (κ3) is 10.6. The molecule has 3 heterocycles. The average molecular weight is 733 g/mol. The van der Waals surface area contributed by atoms with Gasteiger partial charge in [0.25, 0.3) is 11.8 Å². The Morgan fingerprint density at radius 3 is 2.41 bits per heavy atom. The summed E-state index contributed by atoms with van der Waals surface area (Å²) in [4.78, 5) is 61.2. The number of piperidine rings is 1. The number of alkyl carbamates (subject to hydrolysis) is 1. The van der Waals surface area contributed by atoms with Gasteiger partial charge in [-0.15, -0.1) is 0 Å². The number of hydrogen-bond donors (Lipinski definition) is 3. The Balaban J connectivity index is 1.22. The number of carbonyl (C=O) groups excluding carboxylic acids is 4. The molecule has 276 valence electrons. The maximum atomic E-state index is 14.8. The van der Waals surface area contributed by atoms with Gasteiger partial charge in [-0.3, -0.25) is 14.4 Å². The third-order valence-corrected chi connectivity index (χ3v) is 8.14. The first-order chi connectivity index (χ1) is 24.0. The number of imidazole rings is 1. The van der Waals surface area contributed by atoms with Crippen molar-refractivity contribution in [2.75, 3.05) is 57.2 Å². The second-order valence-corrected chi connectivity index (χ2v) is 13.5. The van der Waals surface area contributed by atoms with Crippen LogP contribution in [0.2, 0.25) is 5.02 Å². The summed E-state index contributed by atoms with van der Waals surface area (Å²) in [5, 5.41) is 8.31. The van der Waals surface area contributed by atoms with Gasteiger partial charge in [-0.2, -0.15) is 9.37 Å². The van der Waals surface area contributed by atoms with E-state index in [0.29, 0.717) is 25.9 Å². The summed E-state index contributed by atoms with van der Waals surface area (Å²) in [6.45, 7) is 6.99. The topological polar surface area (TPSA) is 160 Å². The highest BCUT2D eigenvalue weighted by molar-refractivity contribution is 6.34. The number of aromatic nitrogens is 3. The highest BCUT2D eigenvalue weighted by Crippen LogP contribution is 2.28. The van der Waals surface area contributed by atoms with E-state index in [-0.39, 0.29) is 77.3 Å². The lowest BCUT2D eigenvalue weighted by molar-refractivity contribution is -0.133. The zero-order chi connectivity index (χ0) is 37.5. The van der Waals surface area contributed by atoms with Crippen LogP contribution in [0.4, 0.5) is 25.1 Å². The van der Waals surface area contributed by atoms with Gasteiger partial charge in [-0.1, -0.05) is 11.6 Å². The molecule has 3 aromatic rings. The number of nitrogens with one attached hydrogen (secondary N) is 3. The highest BCUT2D eigenvalue weighted by Gasteiger charge is 2.26. The van der Waals surface area contributed by atoms with Crippen molar-refractivity contribution in [1.82, 2.24) is 30.1 Å². The Morgan fingerprint density at radius 2 is 1.76 bits per heavy atom. The molecule has 0 bridgehead atoms. The standard InChI is InChI=1S/C34H43ClF2N8O6/c1-34(2,3)51-33(49)38-12-16-50-15-11-27(46)45-13-9-20(10-14-45)40-31(47)22-8-7-21(17-24(22)35)41-32(48)30-39-19-26(44(30)6)23-18-25(36)29(43(4)5)42-28(23)37/h7-8,17-20H,9-16H2,1-6H3,(H,38,49)(H,40,47)(H,41,48). The molecule has 1 aliphatic rings. The second-order valence-electron chi connectivity index (χ2n) is 13.1. The van der Waals surface area contributed by atoms with Crippen LogP contribution in [0, 0.1) is 11.8 Å². The van der Waals surface area contributed by atoms with Crippen LogP contribution in [0.15, 0.2) is 30.5 Å². The van der Waals surface area contributed by atoms with Crippen LogP contribution in [0.5, 0.6) is 0 Å². The van der Waals surface area contributed by atoms with E-state index in [1.54, 1.807) is 25.7 Å². The molecule has 1 fully saturated rings. The van der Waals surface area contributed by atoms with Gasteiger partial charge in [0.2, 0.25) is 11.9 Å². The zero-order valence-corrected chi connectivity index (χ0v) is 30.2. The number of carbonyl (C=O) groups is 4. The zero-order valence-electron chi connectivity index (χ0n) is 29.4. The minimum absolute atomic E-state index is 0.0564. The third-order valence-electron chi connectivity index (χ3n) is 7.83.